The lowest BCUT2D eigenvalue weighted by Gasteiger charge is -2.24. The van der Waals surface area contributed by atoms with E-state index < -0.39 is 6.10 Å². The molecule has 4 heteroatoms. The van der Waals surface area contributed by atoms with Crippen LogP contribution >= 0.6 is 15.9 Å². The Balaban J connectivity index is 2.00. The van der Waals surface area contributed by atoms with Crippen molar-refractivity contribution in [2.24, 2.45) is 5.92 Å². The van der Waals surface area contributed by atoms with Crippen LogP contribution in [-0.4, -0.2) is 18.3 Å². The van der Waals surface area contributed by atoms with Crippen molar-refractivity contribution in [3.63, 3.8) is 0 Å². The molecule has 0 amide bonds. The Bertz CT molecular complexity index is 378. The molecule has 0 spiro atoms. The summed E-state index contributed by atoms with van der Waals surface area (Å²) >= 11 is 3.21. The number of benzene rings is 1. The van der Waals surface area contributed by atoms with Gasteiger partial charge in [0.05, 0.1) is 6.10 Å². The van der Waals surface area contributed by atoms with Crippen LogP contribution in [0, 0.1) is 11.7 Å². The zero-order valence-corrected chi connectivity index (χ0v) is 11.1. The van der Waals surface area contributed by atoms with Crippen molar-refractivity contribution in [2.45, 2.75) is 25.4 Å². The van der Waals surface area contributed by atoms with Gasteiger partial charge in [-0.1, -0.05) is 22.0 Å². The van der Waals surface area contributed by atoms with Crippen LogP contribution in [-0.2, 0) is 4.74 Å². The second-order valence-corrected chi connectivity index (χ2v) is 5.39. The van der Waals surface area contributed by atoms with Gasteiger partial charge in [-0.05, 0) is 37.3 Å². The molecule has 94 valence electrons. The predicted octanol–water partition coefficient (Wildman–Crippen LogP) is 3.44. The van der Waals surface area contributed by atoms with Crippen molar-refractivity contribution in [1.82, 2.24) is 0 Å². The third kappa shape index (κ3) is 3.50. The van der Waals surface area contributed by atoms with Crippen LogP contribution in [0.25, 0.3) is 0 Å². The van der Waals surface area contributed by atoms with Crippen molar-refractivity contribution in [2.75, 3.05) is 13.2 Å². The standard InChI is InChI=1S/C13H16BrFO2/c14-10-1-2-11(12(15)8-10)13(16)7-9-3-5-17-6-4-9/h1-2,8-9,13,16H,3-7H2. The highest BCUT2D eigenvalue weighted by molar-refractivity contribution is 9.10. The van der Waals surface area contributed by atoms with Crippen LogP contribution in [0.4, 0.5) is 4.39 Å². The minimum absolute atomic E-state index is 0.348. The summed E-state index contributed by atoms with van der Waals surface area (Å²) < 4.78 is 19.6. The van der Waals surface area contributed by atoms with Gasteiger partial charge in [0, 0.05) is 23.2 Å². The highest BCUT2D eigenvalue weighted by atomic mass is 79.9. The fourth-order valence-corrected chi connectivity index (χ4v) is 2.53. The molecule has 1 aliphatic rings. The Hall–Kier alpha value is -0.450. The first-order valence-electron chi connectivity index (χ1n) is 5.87. The lowest BCUT2D eigenvalue weighted by molar-refractivity contribution is 0.0428. The Kier molecular flexibility index (Phi) is 4.54. The molecule has 1 N–H and O–H groups in total. The van der Waals surface area contributed by atoms with Gasteiger partial charge in [0.15, 0.2) is 0 Å². The molecule has 1 saturated heterocycles. The summed E-state index contributed by atoms with van der Waals surface area (Å²) in [4.78, 5) is 0. The van der Waals surface area contributed by atoms with Crippen molar-refractivity contribution < 1.29 is 14.2 Å². The molecule has 1 fully saturated rings. The molecule has 0 bridgehead atoms. The smallest absolute Gasteiger partial charge is 0.130 e. The normalized spacial score (nSPS) is 19.2. The van der Waals surface area contributed by atoms with E-state index in [1.165, 1.54) is 6.07 Å². The summed E-state index contributed by atoms with van der Waals surface area (Å²) in [7, 11) is 0. The Morgan fingerprint density at radius 3 is 2.76 bits per heavy atom. The van der Waals surface area contributed by atoms with Crippen molar-refractivity contribution in [3.05, 3.63) is 34.1 Å². The summed E-state index contributed by atoms with van der Waals surface area (Å²) in [5.41, 5.74) is 0.389. The van der Waals surface area contributed by atoms with Crippen LogP contribution in [0.1, 0.15) is 30.9 Å². The maximum Gasteiger partial charge on any atom is 0.130 e. The van der Waals surface area contributed by atoms with Gasteiger partial charge < -0.3 is 9.84 Å². The maximum absolute atomic E-state index is 13.6. The first-order chi connectivity index (χ1) is 8.16. The van der Waals surface area contributed by atoms with E-state index in [0.717, 1.165) is 26.1 Å². The molecule has 0 aliphatic carbocycles. The van der Waals surface area contributed by atoms with Crippen LogP contribution in [0.3, 0.4) is 0 Å². The average molecular weight is 303 g/mol. The third-order valence-corrected chi connectivity index (χ3v) is 3.71. The van der Waals surface area contributed by atoms with Crippen LogP contribution in [0.15, 0.2) is 22.7 Å². The molecule has 2 nitrogen and oxygen atoms in total. The molecule has 1 aliphatic heterocycles. The number of hydrogen-bond donors (Lipinski definition) is 1. The van der Waals surface area contributed by atoms with Gasteiger partial charge in [-0.2, -0.15) is 0 Å². The van der Waals surface area contributed by atoms with E-state index in [-0.39, 0.29) is 5.82 Å². The summed E-state index contributed by atoms with van der Waals surface area (Å²) in [6.45, 7) is 1.50. The maximum atomic E-state index is 13.6. The number of hydrogen-bond acceptors (Lipinski definition) is 2. The minimum Gasteiger partial charge on any atom is -0.388 e. The van der Waals surface area contributed by atoms with Gasteiger partial charge >= 0.3 is 0 Å². The summed E-state index contributed by atoms with van der Waals surface area (Å²) in [5.74, 6) is 0.0840. The monoisotopic (exact) mass is 302 g/mol. The van der Waals surface area contributed by atoms with Crippen LogP contribution < -0.4 is 0 Å². The summed E-state index contributed by atoms with van der Waals surface area (Å²) in [6, 6.07) is 4.79. The van der Waals surface area contributed by atoms with E-state index in [1.54, 1.807) is 12.1 Å². The van der Waals surface area contributed by atoms with Gasteiger partial charge in [-0.3, -0.25) is 0 Å². The molecular formula is C13H16BrFO2. The van der Waals surface area contributed by atoms with E-state index >= 15 is 0 Å². The second-order valence-electron chi connectivity index (χ2n) is 4.47. The highest BCUT2D eigenvalue weighted by Gasteiger charge is 2.20. The number of ether oxygens (including phenoxy) is 1. The third-order valence-electron chi connectivity index (χ3n) is 3.22. The summed E-state index contributed by atoms with van der Waals surface area (Å²) in [6.07, 6.45) is 1.80. The van der Waals surface area contributed by atoms with Crippen molar-refractivity contribution in [1.29, 1.82) is 0 Å². The van der Waals surface area contributed by atoms with Gasteiger partial charge in [0.25, 0.3) is 0 Å². The van der Waals surface area contributed by atoms with Crippen LogP contribution in [0.2, 0.25) is 0 Å². The molecule has 0 saturated carbocycles. The lowest BCUT2D eigenvalue weighted by Crippen LogP contribution is -2.18. The topological polar surface area (TPSA) is 29.5 Å². The molecule has 1 atom stereocenters. The molecule has 2 rings (SSSR count). The highest BCUT2D eigenvalue weighted by Crippen LogP contribution is 2.29. The van der Waals surface area contributed by atoms with Crippen molar-refractivity contribution in [3.8, 4) is 0 Å². The average Bonchev–Trinajstić information content (AvgIpc) is 2.30. The molecular weight excluding hydrogens is 287 g/mol. The van der Waals surface area contributed by atoms with Gasteiger partial charge in [0.2, 0.25) is 0 Å². The second kappa shape index (κ2) is 5.94. The van der Waals surface area contributed by atoms with Gasteiger partial charge in [-0.15, -0.1) is 0 Å². The Morgan fingerprint density at radius 2 is 2.12 bits per heavy atom. The van der Waals surface area contributed by atoms with Gasteiger partial charge in [-0.25, -0.2) is 4.39 Å². The summed E-state index contributed by atoms with van der Waals surface area (Å²) in [5, 5.41) is 10.0. The fraction of sp³-hybridized carbons (Fsp3) is 0.538. The molecule has 1 aromatic rings. The van der Waals surface area contributed by atoms with E-state index in [4.69, 9.17) is 4.74 Å². The Labute approximate surface area is 109 Å². The Morgan fingerprint density at radius 1 is 1.41 bits per heavy atom. The number of aliphatic hydroxyl groups is 1. The number of aliphatic hydroxyl groups excluding tert-OH is 1. The van der Waals surface area contributed by atoms with Crippen molar-refractivity contribution >= 4 is 15.9 Å². The molecule has 1 aromatic carbocycles. The molecule has 17 heavy (non-hydrogen) atoms. The van der Waals surface area contributed by atoms with E-state index in [9.17, 15) is 9.50 Å². The predicted molar refractivity (Wildman–Crippen MR) is 67.2 cm³/mol. The van der Waals surface area contributed by atoms with E-state index in [2.05, 4.69) is 15.9 Å². The number of halogens is 2. The molecule has 1 unspecified atom stereocenters. The minimum atomic E-state index is -0.716. The van der Waals surface area contributed by atoms with Gasteiger partial charge in [0.1, 0.15) is 5.82 Å². The zero-order valence-electron chi connectivity index (χ0n) is 9.53. The zero-order chi connectivity index (χ0) is 12.3. The first-order valence-corrected chi connectivity index (χ1v) is 6.67. The van der Waals surface area contributed by atoms with E-state index in [1.807, 2.05) is 0 Å². The SMILES string of the molecule is OC(CC1CCOCC1)c1ccc(Br)cc1F. The quantitative estimate of drug-likeness (QED) is 0.927. The van der Waals surface area contributed by atoms with E-state index in [0.29, 0.717) is 22.4 Å². The number of rotatable bonds is 3. The molecule has 0 aromatic heterocycles. The largest absolute Gasteiger partial charge is 0.388 e. The van der Waals surface area contributed by atoms with Crippen LogP contribution in [0.5, 0.6) is 0 Å². The first kappa shape index (κ1) is 13.0. The lowest BCUT2D eigenvalue weighted by atomic mass is 9.91. The molecule has 1 heterocycles. The fourth-order valence-electron chi connectivity index (χ4n) is 2.20. The molecule has 0 radical (unpaired) electrons.